The molecule has 0 radical (unpaired) electrons. The SMILES string of the molecule is COc1cc(C(CN(C)Cc2ccccc2Br)OC(C)=O)c(Br)cc1OCc1ccccc1. The first-order valence-corrected chi connectivity index (χ1v) is 12.1. The molecular weight excluding hydrogens is 550 g/mol. The summed E-state index contributed by atoms with van der Waals surface area (Å²) >= 11 is 7.24. The van der Waals surface area contributed by atoms with Crippen LogP contribution in [0.25, 0.3) is 0 Å². The molecule has 0 heterocycles. The summed E-state index contributed by atoms with van der Waals surface area (Å²) in [5.74, 6) is 0.847. The Kier molecular flexibility index (Phi) is 9.35. The van der Waals surface area contributed by atoms with Crippen LogP contribution in [-0.2, 0) is 22.7 Å². The van der Waals surface area contributed by atoms with Crippen molar-refractivity contribution in [1.29, 1.82) is 0 Å². The van der Waals surface area contributed by atoms with Gasteiger partial charge in [0, 0.05) is 34.5 Å². The number of ether oxygens (including phenoxy) is 3. The summed E-state index contributed by atoms with van der Waals surface area (Å²) in [6, 6.07) is 21.7. The van der Waals surface area contributed by atoms with E-state index in [1.165, 1.54) is 6.92 Å². The van der Waals surface area contributed by atoms with Gasteiger partial charge in [0.05, 0.1) is 7.11 Å². The predicted octanol–water partition coefficient (Wildman–Crippen LogP) is 6.54. The highest BCUT2D eigenvalue weighted by molar-refractivity contribution is 9.10. The molecule has 3 aromatic rings. The van der Waals surface area contributed by atoms with E-state index in [0.29, 0.717) is 31.2 Å². The minimum absolute atomic E-state index is 0.343. The molecule has 5 nitrogen and oxygen atoms in total. The summed E-state index contributed by atoms with van der Waals surface area (Å²) in [7, 11) is 3.60. The molecule has 0 bridgehead atoms. The van der Waals surface area contributed by atoms with Gasteiger partial charge in [-0.2, -0.15) is 0 Å². The molecule has 0 N–H and O–H groups in total. The number of benzene rings is 3. The molecule has 0 fully saturated rings. The van der Waals surface area contributed by atoms with Crippen LogP contribution in [0, 0.1) is 0 Å². The molecule has 1 unspecified atom stereocenters. The Morgan fingerprint density at radius 3 is 2.33 bits per heavy atom. The smallest absolute Gasteiger partial charge is 0.303 e. The van der Waals surface area contributed by atoms with E-state index in [9.17, 15) is 4.79 Å². The average Bonchev–Trinajstić information content (AvgIpc) is 2.79. The fraction of sp³-hybridized carbons (Fsp3) is 0.269. The van der Waals surface area contributed by atoms with E-state index in [2.05, 4.69) is 42.8 Å². The maximum absolute atomic E-state index is 11.9. The highest BCUT2D eigenvalue weighted by Crippen LogP contribution is 2.38. The van der Waals surface area contributed by atoms with E-state index in [0.717, 1.165) is 25.6 Å². The van der Waals surface area contributed by atoms with Crippen molar-refractivity contribution in [1.82, 2.24) is 4.90 Å². The van der Waals surface area contributed by atoms with Crippen LogP contribution < -0.4 is 9.47 Å². The molecule has 174 valence electrons. The zero-order valence-electron chi connectivity index (χ0n) is 18.9. The predicted molar refractivity (Wildman–Crippen MR) is 136 cm³/mol. The van der Waals surface area contributed by atoms with Crippen molar-refractivity contribution in [2.24, 2.45) is 0 Å². The first-order chi connectivity index (χ1) is 15.9. The van der Waals surface area contributed by atoms with Crippen molar-refractivity contribution in [3.63, 3.8) is 0 Å². The third kappa shape index (κ3) is 7.32. The van der Waals surface area contributed by atoms with Crippen LogP contribution in [0.5, 0.6) is 11.5 Å². The van der Waals surface area contributed by atoms with Crippen molar-refractivity contribution < 1.29 is 19.0 Å². The van der Waals surface area contributed by atoms with Gasteiger partial charge in [0.1, 0.15) is 12.7 Å². The van der Waals surface area contributed by atoms with Crippen molar-refractivity contribution in [2.45, 2.75) is 26.2 Å². The Morgan fingerprint density at radius 2 is 1.67 bits per heavy atom. The van der Waals surface area contributed by atoms with Crippen LogP contribution >= 0.6 is 31.9 Å². The van der Waals surface area contributed by atoms with E-state index >= 15 is 0 Å². The molecular formula is C26H27Br2NO4. The number of carbonyl (C=O) groups is 1. The Morgan fingerprint density at radius 1 is 0.970 bits per heavy atom. The van der Waals surface area contributed by atoms with E-state index in [-0.39, 0.29) is 5.97 Å². The number of esters is 1. The van der Waals surface area contributed by atoms with Crippen LogP contribution in [0.4, 0.5) is 0 Å². The normalized spacial score (nSPS) is 11.8. The Bertz CT molecular complexity index is 1080. The van der Waals surface area contributed by atoms with Gasteiger partial charge in [0.25, 0.3) is 0 Å². The van der Waals surface area contributed by atoms with Gasteiger partial charge in [-0.25, -0.2) is 0 Å². The Labute approximate surface area is 211 Å². The van der Waals surface area contributed by atoms with Gasteiger partial charge < -0.3 is 14.2 Å². The summed E-state index contributed by atoms with van der Waals surface area (Å²) in [5, 5.41) is 0. The Hall–Kier alpha value is -2.35. The fourth-order valence-corrected chi connectivity index (χ4v) is 4.46. The van der Waals surface area contributed by atoms with Crippen LogP contribution in [0.1, 0.15) is 29.7 Å². The summed E-state index contributed by atoms with van der Waals surface area (Å²) < 4.78 is 19.1. The molecule has 0 spiro atoms. The average molecular weight is 577 g/mol. The third-order valence-corrected chi connectivity index (χ3v) is 6.51. The number of carbonyl (C=O) groups excluding carboxylic acids is 1. The lowest BCUT2D eigenvalue weighted by atomic mass is 10.1. The van der Waals surface area contributed by atoms with Crippen molar-refractivity contribution >= 4 is 37.8 Å². The molecule has 33 heavy (non-hydrogen) atoms. The second-order valence-electron chi connectivity index (χ2n) is 7.69. The first kappa shape index (κ1) is 25.3. The van der Waals surface area contributed by atoms with Crippen molar-refractivity contribution in [2.75, 3.05) is 20.7 Å². The molecule has 3 rings (SSSR count). The largest absolute Gasteiger partial charge is 0.493 e. The number of hydrogen-bond acceptors (Lipinski definition) is 5. The summed E-state index contributed by atoms with van der Waals surface area (Å²) in [6.45, 7) is 3.05. The maximum Gasteiger partial charge on any atom is 0.303 e. The zero-order chi connectivity index (χ0) is 23.8. The van der Waals surface area contributed by atoms with Crippen molar-refractivity contribution in [3.05, 3.63) is 92.4 Å². The lowest BCUT2D eigenvalue weighted by molar-refractivity contribution is -0.147. The summed E-state index contributed by atoms with van der Waals surface area (Å²) in [6.07, 6.45) is -0.485. The lowest BCUT2D eigenvalue weighted by Gasteiger charge is -2.26. The summed E-state index contributed by atoms with van der Waals surface area (Å²) in [4.78, 5) is 14.0. The number of rotatable bonds is 10. The monoisotopic (exact) mass is 575 g/mol. The molecule has 3 aromatic carbocycles. The van der Waals surface area contributed by atoms with E-state index in [1.54, 1.807) is 7.11 Å². The second-order valence-corrected chi connectivity index (χ2v) is 9.39. The molecule has 0 aliphatic heterocycles. The number of hydrogen-bond donors (Lipinski definition) is 0. The van der Waals surface area contributed by atoms with Gasteiger partial charge >= 0.3 is 5.97 Å². The van der Waals surface area contributed by atoms with Gasteiger partial charge in [-0.1, -0.05) is 80.4 Å². The first-order valence-electron chi connectivity index (χ1n) is 10.5. The van der Waals surface area contributed by atoms with Crippen molar-refractivity contribution in [3.8, 4) is 11.5 Å². The fourth-order valence-electron chi connectivity index (χ4n) is 3.47. The minimum atomic E-state index is -0.485. The molecule has 0 saturated heterocycles. The van der Waals surface area contributed by atoms with E-state index < -0.39 is 6.10 Å². The van der Waals surface area contributed by atoms with Crippen LogP contribution in [0.3, 0.4) is 0 Å². The number of likely N-dealkylation sites (N-methyl/N-ethyl adjacent to an activating group) is 1. The molecule has 0 aromatic heterocycles. The van der Waals surface area contributed by atoms with Gasteiger partial charge in [0.15, 0.2) is 11.5 Å². The zero-order valence-corrected chi connectivity index (χ0v) is 22.1. The van der Waals surface area contributed by atoms with Crippen LogP contribution in [0.2, 0.25) is 0 Å². The van der Waals surface area contributed by atoms with Crippen LogP contribution in [-0.4, -0.2) is 31.6 Å². The second kappa shape index (κ2) is 12.2. The molecule has 0 saturated carbocycles. The van der Waals surface area contributed by atoms with E-state index in [4.69, 9.17) is 14.2 Å². The molecule has 0 aliphatic rings. The van der Waals surface area contributed by atoms with Gasteiger partial charge in [0.2, 0.25) is 0 Å². The number of halogens is 2. The number of methoxy groups -OCH3 is 1. The highest BCUT2D eigenvalue weighted by Gasteiger charge is 2.23. The molecule has 0 aliphatic carbocycles. The topological polar surface area (TPSA) is 48.0 Å². The minimum Gasteiger partial charge on any atom is -0.493 e. The Balaban J connectivity index is 1.81. The quantitative estimate of drug-likeness (QED) is 0.257. The summed E-state index contributed by atoms with van der Waals surface area (Å²) in [5.41, 5.74) is 3.03. The molecule has 7 heteroatoms. The molecule has 0 amide bonds. The maximum atomic E-state index is 11.9. The van der Waals surface area contributed by atoms with Gasteiger partial charge in [-0.15, -0.1) is 0 Å². The highest BCUT2D eigenvalue weighted by atomic mass is 79.9. The molecule has 1 atom stereocenters. The third-order valence-electron chi connectivity index (χ3n) is 5.05. The van der Waals surface area contributed by atoms with Gasteiger partial charge in [-0.05, 0) is 36.4 Å². The van der Waals surface area contributed by atoms with Crippen LogP contribution in [0.15, 0.2) is 75.7 Å². The van der Waals surface area contributed by atoms with E-state index in [1.807, 2.05) is 67.7 Å². The van der Waals surface area contributed by atoms with Gasteiger partial charge in [-0.3, -0.25) is 9.69 Å². The standard InChI is InChI=1S/C26H27Br2NO4/c1-18(30)33-26(16-29(2)15-20-11-7-8-12-22(20)27)21-13-24(31-3)25(14-23(21)28)32-17-19-9-5-4-6-10-19/h4-14,26H,15-17H2,1-3H3. The lowest BCUT2D eigenvalue weighted by Crippen LogP contribution is -2.27. The number of nitrogens with zero attached hydrogens (tertiary/aromatic N) is 1.